The summed E-state index contributed by atoms with van der Waals surface area (Å²) in [6, 6.07) is 5.55. The molecule has 10 heteroatoms. The largest absolute Gasteiger partial charge is 0.474 e. The Bertz CT molecular complexity index is 837. The minimum absolute atomic E-state index is 0.00709. The van der Waals surface area contributed by atoms with Crippen LogP contribution in [0, 0.1) is 10.1 Å². The Morgan fingerprint density at radius 2 is 1.82 bits per heavy atom. The Kier molecular flexibility index (Phi) is 5.66. The molecular formula is C18H19F3N4O3. The molecule has 1 aliphatic rings. The fraction of sp³-hybridized carbons (Fsp3) is 0.444. The van der Waals surface area contributed by atoms with Crippen LogP contribution in [0.15, 0.2) is 30.5 Å². The van der Waals surface area contributed by atoms with Gasteiger partial charge in [-0.25, -0.2) is 4.98 Å². The quantitative estimate of drug-likeness (QED) is 0.529. The second kappa shape index (κ2) is 7.99. The molecule has 1 aromatic carbocycles. The van der Waals surface area contributed by atoms with E-state index in [-0.39, 0.29) is 17.7 Å². The number of nitro groups is 1. The molecule has 0 radical (unpaired) electrons. The van der Waals surface area contributed by atoms with Gasteiger partial charge in [-0.1, -0.05) is 6.42 Å². The van der Waals surface area contributed by atoms with E-state index >= 15 is 0 Å². The zero-order valence-electron chi connectivity index (χ0n) is 15.1. The van der Waals surface area contributed by atoms with Crippen molar-refractivity contribution in [2.24, 2.45) is 0 Å². The Morgan fingerprint density at radius 1 is 1.18 bits per heavy atom. The minimum Gasteiger partial charge on any atom is -0.474 e. The highest BCUT2D eigenvalue weighted by atomic mass is 19.4. The third kappa shape index (κ3) is 4.49. The summed E-state index contributed by atoms with van der Waals surface area (Å²) in [5.74, 6) is -0.481. The van der Waals surface area contributed by atoms with Gasteiger partial charge in [0.05, 0.1) is 4.92 Å². The van der Waals surface area contributed by atoms with E-state index in [2.05, 4.69) is 9.97 Å². The van der Waals surface area contributed by atoms with E-state index in [1.807, 2.05) is 0 Å². The highest BCUT2D eigenvalue weighted by Crippen LogP contribution is 2.37. The van der Waals surface area contributed by atoms with Gasteiger partial charge in [-0.05, 0) is 37.8 Å². The van der Waals surface area contributed by atoms with E-state index in [9.17, 15) is 23.3 Å². The van der Waals surface area contributed by atoms with Crippen LogP contribution in [0.5, 0.6) is 5.88 Å². The molecule has 0 amide bonds. The smallest absolute Gasteiger partial charge is 0.423 e. The van der Waals surface area contributed by atoms with Crippen LogP contribution >= 0.6 is 0 Å². The van der Waals surface area contributed by atoms with Crippen LogP contribution in [-0.4, -0.2) is 28.0 Å². The molecule has 7 nitrogen and oxygen atoms in total. The Morgan fingerprint density at radius 3 is 2.39 bits per heavy atom. The number of ether oxygens (including phenoxy) is 1. The molecule has 28 heavy (non-hydrogen) atoms. The average molecular weight is 396 g/mol. The number of non-ortho nitro benzene ring substituents is 1. The zero-order chi connectivity index (χ0) is 20.3. The SMILES string of the molecule is CN(c1ccc([N+](=O)[O-])cc1)c1ncc(C(F)(F)F)c(OC2CCCCC2)n1. The number of hydrogen-bond acceptors (Lipinski definition) is 6. The van der Waals surface area contributed by atoms with Crippen molar-refractivity contribution in [3.63, 3.8) is 0 Å². The van der Waals surface area contributed by atoms with E-state index < -0.39 is 22.5 Å². The fourth-order valence-corrected chi connectivity index (χ4v) is 3.06. The lowest BCUT2D eigenvalue weighted by Crippen LogP contribution is -2.23. The van der Waals surface area contributed by atoms with Gasteiger partial charge in [0.2, 0.25) is 11.8 Å². The average Bonchev–Trinajstić information content (AvgIpc) is 2.67. The van der Waals surface area contributed by atoms with Gasteiger partial charge >= 0.3 is 6.18 Å². The molecule has 1 heterocycles. The fourth-order valence-electron chi connectivity index (χ4n) is 3.06. The Hall–Kier alpha value is -2.91. The van der Waals surface area contributed by atoms with Crippen LogP contribution in [-0.2, 0) is 6.18 Å². The van der Waals surface area contributed by atoms with Crippen LogP contribution in [0.3, 0.4) is 0 Å². The van der Waals surface area contributed by atoms with Gasteiger partial charge in [0.1, 0.15) is 11.7 Å². The number of anilines is 2. The molecule has 1 fully saturated rings. The maximum absolute atomic E-state index is 13.3. The van der Waals surface area contributed by atoms with Crippen molar-refractivity contribution in [1.82, 2.24) is 9.97 Å². The summed E-state index contributed by atoms with van der Waals surface area (Å²) >= 11 is 0. The number of nitrogens with zero attached hydrogens (tertiary/aromatic N) is 4. The first-order valence-corrected chi connectivity index (χ1v) is 8.85. The monoisotopic (exact) mass is 396 g/mol. The molecule has 1 aromatic heterocycles. The first-order valence-electron chi connectivity index (χ1n) is 8.85. The Labute approximate surface area is 159 Å². The van der Waals surface area contributed by atoms with E-state index in [1.165, 1.54) is 29.2 Å². The van der Waals surface area contributed by atoms with Crippen LogP contribution in [0.4, 0.5) is 30.5 Å². The van der Waals surface area contributed by atoms with Crippen LogP contribution in [0.2, 0.25) is 0 Å². The number of nitro benzene ring substituents is 1. The van der Waals surface area contributed by atoms with E-state index in [0.717, 1.165) is 19.3 Å². The molecule has 0 N–H and O–H groups in total. The lowest BCUT2D eigenvalue weighted by Gasteiger charge is -2.25. The van der Waals surface area contributed by atoms with E-state index in [4.69, 9.17) is 4.74 Å². The molecule has 0 atom stereocenters. The summed E-state index contributed by atoms with van der Waals surface area (Å²) in [6.07, 6.45) is 0.0197. The summed E-state index contributed by atoms with van der Waals surface area (Å²) < 4.78 is 45.6. The van der Waals surface area contributed by atoms with Crippen molar-refractivity contribution in [2.45, 2.75) is 44.4 Å². The molecule has 1 aliphatic carbocycles. The second-order valence-electron chi connectivity index (χ2n) is 6.60. The highest BCUT2D eigenvalue weighted by molar-refractivity contribution is 5.58. The third-order valence-corrected chi connectivity index (χ3v) is 4.62. The molecular weight excluding hydrogens is 377 g/mol. The summed E-state index contributed by atoms with van der Waals surface area (Å²) in [4.78, 5) is 19.5. The van der Waals surface area contributed by atoms with Crippen molar-refractivity contribution < 1.29 is 22.8 Å². The number of aromatic nitrogens is 2. The van der Waals surface area contributed by atoms with Gasteiger partial charge < -0.3 is 9.64 Å². The van der Waals surface area contributed by atoms with Crippen LogP contribution < -0.4 is 9.64 Å². The molecule has 0 unspecified atom stereocenters. The lowest BCUT2D eigenvalue weighted by molar-refractivity contribution is -0.384. The van der Waals surface area contributed by atoms with Crippen molar-refractivity contribution in [2.75, 3.05) is 11.9 Å². The van der Waals surface area contributed by atoms with Crippen LogP contribution in [0.1, 0.15) is 37.7 Å². The maximum Gasteiger partial charge on any atom is 0.423 e. The van der Waals surface area contributed by atoms with Crippen molar-refractivity contribution in [3.05, 3.63) is 46.1 Å². The first kappa shape index (κ1) is 19.8. The van der Waals surface area contributed by atoms with Gasteiger partial charge in [-0.3, -0.25) is 10.1 Å². The second-order valence-corrected chi connectivity index (χ2v) is 6.60. The number of benzene rings is 1. The zero-order valence-corrected chi connectivity index (χ0v) is 15.1. The normalized spacial score (nSPS) is 15.3. The van der Waals surface area contributed by atoms with Gasteiger partial charge in [-0.2, -0.15) is 18.2 Å². The topological polar surface area (TPSA) is 81.4 Å². The summed E-state index contributed by atoms with van der Waals surface area (Å²) in [7, 11) is 1.56. The van der Waals surface area contributed by atoms with Crippen molar-refractivity contribution in [3.8, 4) is 5.88 Å². The molecule has 0 spiro atoms. The Balaban J connectivity index is 1.90. The molecule has 0 bridgehead atoms. The minimum atomic E-state index is -4.63. The molecule has 0 aliphatic heterocycles. The third-order valence-electron chi connectivity index (χ3n) is 4.62. The molecule has 1 saturated carbocycles. The van der Waals surface area contributed by atoms with Crippen molar-refractivity contribution in [1.29, 1.82) is 0 Å². The number of halogens is 3. The summed E-state index contributed by atoms with van der Waals surface area (Å²) in [5, 5.41) is 10.8. The van der Waals surface area contributed by atoms with Crippen LogP contribution in [0.25, 0.3) is 0 Å². The standard InChI is InChI=1S/C18H19F3N4O3/c1-24(12-7-9-13(10-8-12)25(26)27)17-22-11-15(18(19,20)21)16(23-17)28-14-5-3-2-4-6-14/h7-11,14H,2-6H2,1H3. The number of hydrogen-bond donors (Lipinski definition) is 0. The first-order chi connectivity index (χ1) is 13.3. The lowest BCUT2D eigenvalue weighted by atomic mass is 9.98. The predicted octanol–water partition coefficient (Wildman–Crippen LogP) is 4.88. The summed E-state index contributed by atoms with van der Waals surface area (Å²) in [5.41, 5.74) is -0.611. The van der Waals surface area contributed by atoms with Gasteiger partial charge in [-0.15, -0.1) is 0 Å². The van der Waals surface area contributed by atoms with E-state index in [1.54, 1.807) is 7.05 Å². The predicted molar refractivity (Wildman–Crippen MR) is 95.7 cm³/mol. The highest BCUT2D eigenvalue weighted by Gasteiger charge is 2.37. The number of alkyl halides is 3. The van der Waals surface area contributed by atoms with Gasteiger partial charge in [0.25, 0.3) is 5.69 Å². The van der Waals surface area contributed by atoms with E-state index in [0.29, 0.717) is 24.7 Å². The molecule has 3 rings (SSSR count). The van der Waals surface area contributed by atoms with Crippen molar-refractivity contribution >= 4 is 17.3 Å². The molecule has 2 aromatic rings. The summed E-state index contributed by atoms with van der Waals surface area (Å²) in [6.45, 7) is 0. The molecule has 150 valence electrons. The van der Waals surface area contributed by atoms with Gasteiger partial charge in [0.15, 0.2) is 0 Å². The molecule has 0 saturated heterocycles. The van der Waals surface area contributed by atoms with Gasteiger partial charge in [0, 0.05) is 31.1 Å². The number of rotatable bonds is 5. The maximum atomic E-state index is 13.3.